The minimum absolute atomic E-state index is 0. The molecule has 0 nitrogen and oxygen atoms in total. The summed E-state index contributed by atoms with van der Waals surface area (Å²) >= 11 is 2.16. The average molecular weight is 668 g/mol. The molecule has 7 aromatic rings. The fourth-order valence-electron chi connectivity index (χ4n) is 5.34. The third-order valence-electron chi connectivity index (χ3n) is 7.63. The second kappa shape index (κ2) is 17.5. The standard InChI is InChI=1S/C25H17.C13H10.C5H5.2ClH.Ti/c1-3-7-18(8-4-1)20-11-13-22-15-23-14-12-21(17-25(23)24(22)16-20)19-9-5-2-6-10-19;1-3-7-12(8-4-1)11-13-9-5-2-6-10-13;1-2-4-5-3-1;;;/h1-17H;1-10H;1-3H,4H2;2*1H;/q-1;;-1;;;+2/p-2. The second-order valence-electron chi connectivity index (χ2n) is 10.6. The summed E-state index contributed by atoms with van der Waals surface area (Å²) in [6, 6.07) is 57.9. The largest absolute Gasteiger partial charge is 0.126 e. The number of hydrogen-bond acceptors (Lipinski definition) is 0. The molecule has 0 aliphatic heterocycles. The van der Waals surface area contributed by atoms with Crippen LogP contribution in [-0.4, -0.2) is 3.81 Å². The summed E-state index contributed by atoms with van der Waals surface area (Å²) in [7, 11) is 0. The van der Waals surface area contributed by atoms with E-state index in [-0.39, 0.29) is 24.8 Å². The van der Waals surface area contributed by atoms with Crippen molar-refractivity contribution >= 4 is 25.4 Å². The molecule has 0 radical (unpaired) electrons. The number of rotatable bonds is 4. The maximum absolute atomic E-state index is 2.99. The maximum Gasteiger partial charge on any atom is -0.0197 e. The normalized spacial score (nSPS) is 11.0. The zero-order valence-corrected chi connectivity index (χ0v) is 28.4. The molecule has 224 valence electrons. The Morgan fingerprint density at radius 1 is 0.500 bits per heavy atom. The predicted octanol–water partition coefficient (Wildman–Crippen LogP) is 5.16. The van der Waals surface area contributed by atoms with Gasteiger partial charge < -0.3 is 24.8 Å². The minimum Gasteiger partial charge on any atom is -0.126 e. The molecule has 0 saturated heterocycles. The van der Waals surface area contributed by atoms with Crippen molar-refractivity contribution in [1.29, 1.82) is 0 Å². The van der Waals surface area contributed by atoms with E-state index in [1.165, 1.54) is 58.7 Å². The summed E-state index contributed by atoms with van der Waals surface area (Å²) in [5.41, 5.74) is 7.64. The van der Waals surface area contributed by atoms with Crippen molar-refractivity contribution in [3.8, 4) is 22.3 Å². The van der Waals surface area contributed by atoms with Crippen LogP contribution >= 0.6 is 0 Å². The molecule has 0 amide bonds. The molecule has 0 heterocycles. The van der Waals surface area contributed by atoms with Gasteiger partial charge >= 0.3 is 95.6 Å². The van der Waals surface area contributed by atoms with Crippen molar-refractivity contribution in [3.63, 3.8) is 0 Å². The first-order chi connectivity index (χ1) is 21.8. The molecule has 0 bridgehead atoms. The van der Waals surface area contributed by atoms with Gasteiger partial charge in [0.05, 0.1) is 0 Å². The monoisotopic (exact) mass is 666 g/mol. The van der Waals surface area contributed by atoms with Gasteiger partial charge in [-0.25, -0.2) is 12.2 Å². The smallest absolute Gasteiger partial charge is 0.0197 e. The molecule has 0 N–H and O–H groups in total. The van der Waals surface area contributed by atoms with Crippen molar-refractivity contribution in [1.82, 2.24) is 0 Å². The number of allylic oxidation sites excluding steroid dienone is 4. The van der Waals surface area contributed by atoms with E-state index in [1.54, 1.807) is 0 Å². The molecule has 8 rings (SSSR count). The Morgan fingerprint density at radius 3 is 1.26 bits per heavy atom. The van der Waals surface area contributed by atoms with Gasteiger partial charge in [-0.15, -0.1) is 46.2 Å². The Balaban J connectivity index is 0.000000193. The van der Waals surface area contributed by atoms with Crippen molar-refractivity contribution in [2.45, 2.75) is 6.42 Å². The van der Waals surface area contributed by atoms with Crippen LogP contribution in [-0.2, 0) is 20.0 Å². The van der Waals surface area contributed by atoms with E-state index in [1.807, 2.05) is 24.3 Å². The van der Waals surface area contributed by atoms with Crippen LogP contribution in [0.5, 0.6) is 0 Å². The summed E-state index contributed by atoms with van der Waals surface area (Å²) in [6.07, 6.45) is 10.0. The number of halogens is 2. The zero-order chi connectivity index (χ0) is 30.0. The minimum atomic E-state index is 0. The van der Waals surface area contributed by atoms with E-state index >= 15 is 0 Å². The number of benzene rings is 6. The molecule has 0 saturated carbocycles. The van der Waals surface area contributed by atoms with Crippen molar-refractivity contribution in [2.75, 3.05) is 0 Å². The van der Waals surface area contributed by atoms with Crippen LogP contribution in [0.3, 0.4) is 0 Å². The topological polar surface area (TPSA) is 0 Å². The van der Waals surface area contributed by atoms with Crippen LogP contribution in [0.15, 0.2) is 182 Å². The van der Waals surface area contributed by atoms with Gasteiger partial charge in [-0.05, 0) is 22.3 Å². The Bertz CT molecular complexity index is 1880. The molecular formula is C43H32Cl2Ti-2. The van der Waals surface area contributed by atoms with Crippen LogP contribution < -0.4 is 24.8 Å². The third kappa shape index (κ3) is 8.76. The van der Waals surface area contributed by atoms with Crippen LogP contribution in [0.1, 0.15) is 17.5 Å². The molecule has 0 spiro atoms. The first kappa shape index (κ1) is 34.7. The van der Waals surface area contributed by atoms with E-state index < -0.39 is 0 Å². The molecule has 1 aliphatic rings. The van der Waals surface area contributed by atoms with Crippen molar-refractivity contribution < 1.29 is 44.8 Å². The molecule has 3 heteroatoms. The maximum atomic E-state index is 2.99. The molecule has 0 fully saturated rings. The van der Waals surface area contributed by atoms with Crippen LogP contribution in [0.25, 0.3) is 43.8 Å². The molecule has 46 heavy (non-hydrogen) atoms. The summed E-state index contributed by atoms with van der Waals surface area (Å²) < 4.78 is 1.33. The van der Waals surface area contributed by atoms with Crippen molar-refractivity contribution in [2.24, 2.45) is 0 Å². The molecular weight excluding hydrogens is 635 g/mol. The fraction of sp³-hybridized carbons (Fsp3) is 0.0233. The van der Waals surface area contributed by atoms with Gasteiger partial charge in [-0.2, -0.15) is 6.08 Å². The summed E-state index contributed by atoms with van der Waals surface area (Å²) in [5.74, 6) is 0. The van der Waals surface area contributed by atoms with Gasteiger partial charge in [0.1, 0.15) is 0 Å². The molecule has 0 aromatic heterocycles. The summed E-state index contributed by atoms with van der Waals surface area (Å²) in [6.45, 7) is 0. The molecule has 0 unspecified atom stereocenters. The Hall–Kier alpha value is -4.17. The average Bonchev–Trinajstić information content (AvgIpc) is 3.82. The van der Waals surface area contributed by atoms with Gasteiger partial charge in [0.25, 0.3) is 0 Å². The van der Waals surface area contributed by atoms with E-state index in [0.29, 0.717) is 0 Å². The first-order valence-corrected chi connectivity index (χ1v) is 15.7. The summed E-state index contributed by atoms with van der Waals surface area (Å²) in [4.78, 5) is 0. The van der Waals surface area contributed by atoms with Crippen LogP contribution in [0.4, 0.5) is 0 Å². The van der Waals surface area contributed by atoms with Crippen LogP contribution in [0.2, 0.25) is 0 Å². The number of fused-ring (bicyclic) bond motifs is 3. The number of hydrogen-bond donors (Lipinski definition) is 0. The van der Waals surface area contributed by atoms with Gasteiger partial charge in [0, 0.05) is 0 Å². The van der Waals surface area contributed by atoms with E-state index in [0.717, 1.165) is 6.42 Å². The SMILES string of the molecule is [C-]1=CC=CC1.[Cl-].[Cl-].[Ti+2]=[C](c1ccccc1)c1ccccc1.c1ccc(-c2ccc3[cH-]c4ccc(-c5ccccc5)cc4c3c2)cc1. The zero-order valence-electron chi connectivity index (χ0n) is 25.3. The van der Waals surface area contributed by atoms with E-state index in [9.17, 15) is 0 Å². The van der Waals surface area contributed by atoms with Gasteiger partial charge in [-0.3, -0.25) is 6.08 Å². The molecule has 7 aromatic carbocycles. The third-order valence-corrected chi connectivity index (χ3v) is 8.53. The quantitative estimate of drug-likeness (QED) is 0.180. The second-order valence-corrected chi connectivity index (χ2v) is 11.4. The Morgan fingerprint density at radius 2 is 0.913 bits per heavy atom. The summed E-state index contributed by atoms with van der Waals surface area (Å²) in [5, 5.41) is 5.27. The first-order valence-electron chi connectivity index (χ1n) is 14.9. The van der Waals surface area contributed by atoms with Gasteiger partial charge in [-0.1, -0.05) is 84.9 Å². The Kier molecular flexibility index (Phi) is 13.2. The van der Waals surface area contributed by atoms with Crippen molar-refractivity contribution in [3.05, 3.63) is 199 Å². The Labute approximate surface area is 296 Å². The van der Waals surface area contributed by atoms with Crippen LogP contribution in [0, 0.1) is 6.08 Å². The molecule has 1 aliphatic carbocycles. The van der Waals surface area contributed by atoms with E-state index in [4.69, 9.17) is 0 Å². The van der Waals surface area contributed by atoms with E-state index in [2.05, 4.69) is 184 Å². The predicted molar refractivity (Wildman–Crippen MR) is 186 cm³/mol. The molecule has 0 atom stereocenters. The fourth-order valence-corrected chi connectivity index (χ4v) is 5.86. The van der Waals surface area contributed by atoms with Gasteiger partial charge in [0.2, 0.25) is 0 Å². The van der Waals surface area contributed by atoms with Gasteiger partial charge in [0.15, 0.2) is 0 Å².